The van der Waals surface area contributed by atoms with Crippen LogP contribution < -0.4 is 10.5 Å². The minimum Gasteiger partial charge on any atom is -0.504 e. The zero-order valence-corrected chi connectivity index (χ0v) is 8.59. The number of phenols is 1. The van der Waals surface area contributed by atoms with E-state index in [2.05, 4.69) is 6.58 Å². The third-order valence-corrected chi connectivity index (χ3v) is 1.97. The summed E-state index contributed by atoms with van der Waals surface area (Å²) in [4.78, 5) is 10.9. The molecule has 0 radical (unpaired) electrons. The van der Waals surface area contributed by atoms with Crippen molar-refractivity contribution in [2.75, 3.05) is 6.54 Å². The lowest BCUT2D eigenvalue weighted by atomic mass is 10.1. The Bertz CT molecular complexity index is 403. The number of esters is 1. The molecule has 4 N–H and O–H groups in total. The third kappa shape index (κ3) is 2.82. The highest BCUT2D eigenvalue weighted by atomic mass is 16.5. The highest BCUT2D eigenvalue weighted by Crippen LogP contribution is 2.29. The number of benzene rings is 1. The number of hydrogen-bond donors (Lipinski definition) is 3. The van der Waals surface area contributed by atoms with Gasteiger partial charge in [-0.15, -0.1) is 0 Å². The van der Waals surface area contributed by atoms with Gasteiger partial charge in [-0.3, -0.25) is 0 Å². The molecule has 0 aliphatic carbocycles. The molecule has 0 bridgehead atoms. The first-order valence-corrected chi connectivity index (χ1v) is 4.63. The molecule has 0 aliphatic rings. The van der Waals surface area contributed by atoms with E-state index in [1.165, 1.54) is 18.2 Å². The van der Waals surface area contributed by atoms with Crippen molar-refractivity contribution in [1.82, 2.24) is 0 Å². The lowest BCUT2D eigenvalue weighted by Gasteiger charge is -2.10. The average molecular weight is 223 g/mol. The number of aliphatic hydroxyl groups excluding tert-OH is 1. The highest BCUT2D eigenvalue weighted by molar-refractivity contribution is 5.83. The second-order valence-electron chi connectivity index (χ2n) is 3.10. The molecule has 0 spiro atoms. The van der Waals surface area contributed by atoms with Crippen molar-refractivity contribution in [1.29, 1.82) is 0 Å². The number of phenolic OH excluding ortho intramolecular Hbond substituents is 1. The number of hydrogen-bond acceptors (Lipinski definition) is 5. The Labute approximate surface area is 92.8 Å². The van der Waals surface area contributed by atoms with Crippen molar-refractivity contribution in [3.8, 4) is 11.5 Å². The molecule has 1 unspecified atom stereocenters. The molecule has 5 nitrogen and oxygen atoms in total. The van der Waals surface area contributed by atoms with Gasteiger partial charge in [-0.1, -0.05) is 12.6 Å². The largest absolute Gasteiger partial charge is 0.504 e. The van der Waals surface area contributed by atoms with E-state index in [1.807, 2.05) is 0 Å². The van der Waals surface area contributed by atoms with E-state index in [-0.39, 0.29) is 18.0 Å². The molecule has 86 valence electrons. The third-order valence-electron chi connectivity index (χ3n) is 1.97. The van der Waals surface area contributed by atoms with Gasteiger partial charge in [0.25, 0.3) is 0 Å². The summed E-state index contributed by atoms with van der Waals surface area (Å²) in [6.07, 6.45) is 0.118. The Morgan fingerprint density at radius 2 is 2.31 bits per heavy atom. The second-order valence-corrected chi connectivity index (χ2v) is 3.10. The fraction of sp³-hybridized carbons (Fsp3) is 0.182. The maximum atomic E-state index is 10.9. The number of aromatic hydroxyl groups is 1. The van der Waals surface area contributed by atoms with Gasteiger partial charge in [0.05, 0.1) is 6.10 Å². The zero-order chi connectivity index (χ0) is 12.1. The normalized spacial score (nSPS) is 11.9. The van der Waals surface area contributed by atoms with Gasteiger partial charge in [0, 0.05) is 12.6 Å². The fourth-order valence-electron chi connectivity index (χ4n) is 1.11. The van der Waals surface area contributed by atoms with Gasteiger partial charge in [-0.25, -0.2) is 4.79 Å². The molecule has 0 aliphatic heterocycles. The number of carbonyl (C=O) groups is 1. The Hall–Kier alpha value is -1.85. The van der Waals surface area contributed by atoms with Crippen molar-refractivity contribution >= 4 is 5.97 Å². The maximum absolute atomic E-state index is 10.9. The minimum atomic E-state index is -0.859. The molecule has 16 heavy (non-hydrogen) atoms. The van der Waals surface area contributed by atoms with Crippen LogP contribution in [0.2, 0.25) is 0 Å². The van der Waals surface area contributed by atoms with Gasteiger partial charge in [0.2, 0.25) is 0 Å². The van der Waals surface area contributed by atoms with Crippen LogP contribution >= 0.6 is 0 Å². The number of rotatable bonds is 4. The molecule has 1 rings (SSSR count). The molecule has 0 fully saturated rings. The first-order valence-electron chi connectivity index (χ1n) is 4.63. The van der Waals surface area contributed by atoms with Gasteiger partial charge in [0.1, 0.15) is 0 Å². The lowest BCUT2D eigenvalue weighted by molar-refractivity contribution is -0.129. The van der Waals surface area contributed by atoms with Crippen LogP contribution in [-0.4, -0.2) is 22.7 Å². The first kappa shape index (κ1) is 12.2. The number of nitrogens with two attached hydrogens (primary N) is 1. The van der Waals surface area contributed by atoms with Gasteiger partial charge in [-0.2, -0.15) is 0 Å². The van der Waals surface area contributed by atoms with Crippen molar-refractivity contribution in [3.05, 3.63) is 36.4 Å². The molecule has 1 aromatic rings. The first-order chi connectivity index (χ1) is 7.58. The summed E-state index contributed by atoms with van der Waals surface area (Å²) < 4.78 is 4.77. The smallest absolute Gasteiger partial charge is 0.335 e. The van der Waals surface area contributed by atoms with Crippen molar-refractivity contribution < 1.29 is 19.7 Å². The van der Waals surface area contributed by atoms with Crippen molar-refractivity contribution in [2.24, 2.45) is 5.73 Å². The Morgan fingerprint density at radius 1 is 1.62 bits per heavy atom. The van der Waals surface area contributed by atoms with Gasteiger partial charge in [-0.05, 0) is 17.7 Å². The summed E-state index contributed by atoms with van der Waals surface area (Å²) in [6, 6.07) is 4.17. The number of carbonyl (C=O) groups excluding carboxylic acids is 1. The average Bonchev–Trinajstić information content (AvgIpc) is 2.30. The van der Waals surface area contributed by atoms with Crippen molar-refractivity contribution in [2.45, 2.75) is 6.10 Å². The summed E-state index contributed by atoms with van der Waals surface area (Å²) in [5, 5.41) is 18.9. The summed E-state index contributed by atoms with van der Waals surface area (Å²) in [5.74, 6) is -0.909. The van der Waals surface area contributed by atoms with Crippen LogP contribution in [-0.2, 0) is 4.79 Å². The molecule has 0 amide bonds. The lowest BCUT2D eigenvalue weighted by Crippen LogP contribution is -2.12. The molecule has 5 heteroatoms. The van der Waals surface area contributed by atoms with Crippen LogP contribution in [0.5, 0.6) is 11.5 Å². The predicted molar refractivity (Wildman–Crippen MR) is 58.0 cm³/mol. The second kappa shape index (κ2) is 5.29. The molecular formula is C11H13NO4. The van der Waals surface area contributed by atoms with Crippen LogP contribution in [0.1, 0.15) is 11.7 Å². The van der Waals surface area contributed by atoms with E-state index in [1.54, 1.807) is 0 Å². The van der Waals surface area contributed by atoms with E-state index in [0.29, 0.717) is 5.56 Å². The van der Waals surface area contributed by atoms with Gasteiger partial charge in [0.15, 0.2) is 11.5 Å². The molecule has 0 saturated heterocycles. The van der Waals surface area contributed by atoms with Crippen LogP contribution in [0, 0.1) is 0 Å². The fourth-order valence-corrected chi connectivity index (χ4v) is 1.11. The van der Waals surface area contributed by atoms with Gasteiger partial charge >= 0.3 is 5.97 Å². The monoisotopic (exact) mass is 223 g/mol. The Balaban J connectivity index is 2.98. The molecular weight excluding hydrogens is 210 g/mol. The van der Waals surface area contributed by atoms with E-state index in [4.69, 9.17) is 10.5 Å². The summed E-state index contributed by atoms with van der Waals surface area (Å²) in [7, 11) is 0. The summed E-state index contributed by atoms with van der Waals surface area (Å²) >= 11 is 0. The van der Waals surface area contributed by atoms with E-state index < -0.39 is 12.1 Å². The van der Waals surface area contributed by atoms with Gasteiger partial charge < -0.3 is 20.7 Å². The molecule has 1 aromatic carbocycles. The topological polar surface area (TPSA) is 92.8 Å². The van der Waals surface area contributed by atoms with E-state index >= 15 is 0 Å². The van der Waals surface area contributed by atoms with Crippen LogP contribution in [0.3, 0.4) is 0 Å². The SMILES string of the molecule is C=CC(=O)Oc1cc(C(O)CN)ccc1O. The quantitative estimate of drug-likeness (QED) is 0.392. The number of aliphatic hydroxyl groups is 1. The Kier molecular flexibility index (Phi) is 4.04. The van der Waals surface area contributed by atoms with E-state index in [9.17, 15) is 15.0 Å². The van der Waals surface area contributed by atoms with Crippen molar-refractivity contribution in [3.63, 3.8) is 0 Å². The Morgan fingerprint density at radius 3 is 2.88 bits per heavy atom. The summed E-state index contributed by atoms with van der Waals surface area (Å²) in [6.45, 7) is 3.28. The minimum absolute atomic E-state index is 0.0325. The summed E-state index contributed by atoms with van der Waals surface area (Å²) in [5.41, 5.74) is 5.75. The standard InChI is InChI=1S/C11H13NO4/c1-2-11(15)16-10-5-7(9(14)6-12)3-4-8(10)13/h2-5,9,13-14H,1,6,12H2. The zero-order valence-electron chi connectivity index (χ0n) is 8.59. The molecule has 0 heterocycles. The maximum Gasteiger partial charge on any atom is 0.335 e. The van der Waals surface area contributed by atoms with Crippen LogP contribution in [0.25, 0.3) is 0 Å². The molecule has 0 aromatic heterocycles. The van der Waals surface area contributed by atoms with E-state index in [0.717, 1.165) is 6.08 Å². The highest BCUT2D eigenvalue weighted by Gasteiger charge is 2.11. The van der Waals surface area contributed by atoms with Crippen LogP contribution in [0.15, 0.2) is 30.9 Å². The molecule has 1 atom stereocenters. The number of ether oxygens (including phenoxy) is 1. The predicted octanol–water partition coefficient (Wildman–Crippen LogP) is 0.476. The van der Waals surface area contributed by atoms with Crippen LogP contribution in [0.4, 0.5) is 0 Å². The molecule has 0 saturated carbocycles.